The maximum absolute atomic E-state index is 13.2. The van der Waals surface area contributed by atoms with Crippen LogP contribution in [0.3, 0.4) is 0 Å². The number of thiophene rings is 1. The van der Waals surface area contributed by atoms with Crippen LogP contribution in [0.25, 0.3) is 22.4 Å². The molecule has 7 heteroatoms. The minimum absolute atomic E-state index is 0.131. The van der Waals surface area contributed by atoms with Gasteiger partial charge in [0.2, 0.25) is 5.82 Å². The van der Waals surface area contributed by atoms with Crippen LogP contribution in [-0.4, -0.2) is 10.1 Å². The van der Waals surface area contributed by atoms with Crippen molar-refractivity contribution < 1.29 is 8.91 Å². The highest BCUT2D eigenvalue weighted by Gasteiger charge is 2.13. The van der Waals surface area contributed by atoms with E-state index in [1.807, 2.05) is 23.6 Å². The highest BCUT2D eigenvalue weighted by molar-refractivity contribution is 9.10. The molecule has 0 aliphatic rings. The smallest absolute Gasteiger partial charge is 0.268 e. The normalized spacial score (nSPS) is 11.4. The van der Waals surface area contributed by atoms with Crippen molar-refractivity contribution in [2.45, 2.75) is 0 Å². The van der Waals surface area contributed by atoms with Crippen molar-refractivity contribution in [2.75, 3.05) is 0 Å². The summed E-state index contributed by atoms with van der Waals surface area (Å²) in [6.45, 7) is 0. The predicted molar refractivity (Wildman–Crippen MR) is 85.2 cm³/mol. The molecule has 4 nitrogen and oxygen atoms in total. The van der Waals surface area contributed by atoms with Crippen LogP contribution in [0, 0.1) is 17.1 Å². The number of allylic oxidation sites excluding steroid dienone is 1. The molecule has 108 valence electrons. The predicted octanol–water partition coefficient (Wildman–Crippen LogP) is 4.76. The lowest BCUT2D eigenvalue weighted by Crippen LogP contribution is -1.84. The molecule has 2 heterocycles. The molecule has 0 amide bonds. The van der Waals surface area contributed by atoms with Crippen molar-refractivity contribution in [3.63, 3.8) is 0 Å². The fourth-order valence-corrected chi connectivity index (χ4v) is 2.80. The van der Waals surface area contributed by atoms with E-state index in [-0.39, 0.29) is 17.3 Å². The van der Waals surface area contributed by atoms with Crippen molar-refractivity contribution in [1.29, 1.82) is 5.26 Å². The number of nitrogens with zero attached hydrogens (tertiary/aromatic N) is 3. The zero-order valence-corrected chi connectivity index (χ0v) is 13.4. The first kappa shape index (κ1) is 14.6. The van der Waals surface area contributed by atoms with Gasteiger partial charge in [-0.1, -0.05) is 17.3 Å². The molecule has 0 fully saturated rings. The van der Waals surface area contributed by atoms with E-state index in [0.717, 1.165) is 4.88 Å². The van der Waals surface area contributed by atoms with Crippen LogP contribution in [0.15, 0.2) is 44.7 Å². The largest absolute Gasteiger partial charge is 0.333 e. The quantitative estimate of drug-likeness (QED) is 0.618. The number of nitriles is 1. The first-order valence-electron chi connectivity index (χ1n) is 6.12. The van der Waals surface area contributed by atoms with Crippen LogP contribution >= 0.6 is 27.3 Å². The van der Waals surface area contributed by atoms with Crippen LogP contribution in [0.2, 0.25) is 0 Å². The van der Waals surface area contributed by atoms with E-state index in [4.69, 9.17) is 4.52 Å². The van der Waals surface area contributed by atoms with Crippen molar-refractivity contribution >= 4 is 38.9 Å². The van der Waals surface area contributed by atoms with Gasteiger partial charge >= 0.3 is 0 Å². The summed E-state index contributed by atoms with van der Waals surface area (Å²) in [7, 11) is 0. The number of halogens is 2. The molecule has 3 aromatic rings. The fraction of sp³-hybridized carbons (Fsp3) is 0. The molecule has 0 aliphatic heterocycles. The molecule has 0 aliphatic carbocycles. The van der Waals surface area contributed by atoms with E-state index in [1.54, 1.807) is 18.2 Å². The first-order valence-corrected chi connectivity index (χ1v) is 7.79. The lowest BCUT2D eigenvalue weighted by molar-refractivity contribution is 0.409. The highest BCUT2D eigenvalue weighted by Crippen LogP contribution is 2.25. The molecule has 22 heavy (non-hydrogen) atoms. The summed E-state index contributed by atoms with van der Waals surface area (Å²) >= 11 is 4.59. The maximum atomic E-state index is 13.2. The molecule has 0 saturated carbocycles. The van der Waals surface area contributed by atoms with Crippen LogP contribution in [0.4, 0.5) is 4.39 Å². The first-order chi connectivity index (χ1) is 10.7. The molecule has 1 aromatic carbocycles. The van der Waals surface area contributed by atoms with Gasteiger partial charge in [0.05, 0.1) is 9.35 Å². The summed E-state index contributed by atoms with van der Waals surface area (Å²) < 4.78 is 18.7. The number of hydrogen-bond acceptors (Lipinski definition) is 5. The average Bonchev–Trinajstić information content (AvgIpc) is 3.18. The molecule has 0 unspecified atom stereocenters. The second-order valence-corrected chi connectivity index (χ2v) is 6.05. The number of aromatic nitrogens is 2. The third-order valence-corrected chi connectivity index (χ3v) is 4.25. The number of hydrogen-bond donors (Lipinski definition) is 0. The van der Waals surface area contributed by atoms with Gasteiger partial charge in [-0.05, 0) is 51.1 Å². The van der Waals surface area contributed by atoms with Gasteiger partial charge < -0.3 is 4.52 Å². The van der Waals surface area contributed by atoms with Crippen LogP contribution in [-0.2, 0) is 0 Å². The zero-order valence-electron chi connectivity index (χ0n) is 11.0. The summed E-state index contributed by atoms with van der Waals surface area (Å²) in [5.41, 5.74) is 0.870. The Bertz CT molecular complexity index is 881. The van der Waals surface area contributed by atoms with E-state index >= 15 is 0 Å². The zero-order chi connectivity index (χ0) is 15.5. The fourth-order valence-electron chi connectivity index (χ4n) is 1.75. The Balaban J connectivity index is 1.96. The van der Waals surface area contributed by atoms with Gasteiger partial charge in [-0.25, -0.2) is 4.39 Å². The SMILES string of the molecule is N#C/C(=C\c1ccc(F)c(Br)c1)c1nc(-c2cccs2)no1. The summed E-state index contributed by atoms with van der Waals surface area (Å²) in [5, 5.41) is 15.0. The van der Waals surface area contributed by atoms with Gasteiger partial charge in [0.1, 0.15) is 17.5 Å². The van der Waals surface area contributed by atoms with Gasteiger partial charge in [-0.15, -0.1) is 11.3 Å². The summed E-state index contributed by atoms with van der Waals surface area (Å²) in [4.78, 5) is 5.07. The lowest BCUT2D eigenvalue weighted by atomic mass is 10.1. The summed E-state index contributed by atoms with van der Waals surface area (Å²) in [6.07, 6.45) is 1.57. The molecule has 2 aromatic heterocycles. The Labute approximate surface area is 137 Å². The number of rotatable bonds is 3. The molecule has 0 spiro atoms. The monoisotopic (exact) mass is 375 g/mol. The van der Waals surface area contributed by atoms with E-state index in [9.17, 15) is 9.65 Å². The van der Waals surface area contributed by atoms with Crippen LogP contribution in [0.1, 0.15) is 11.5 Å². The molecule has 3 rings (SSSR count). The van der Waals surface area contributed by atoms with Crippen molar-refractivity contribution in [3.8, 4) is 16.8 Å². The molecule has 0 saturated heterocycles. The van der Waals surface area contributed by atoms with E-state index < -0.39 is 0 Å². The Hall–Kier alpha value is -2.30. The lowest BCUT2D eigenvalue weighted by Gasteiger charge is -1.97. The van der Waals surface area contributed by atoms with E-state index in [2.05, 4.69) is 26.1 Å². The van der Waals surface area contributed by atoms with Crippen LogP contribution < -0.4 is 0 Å². The Morgan fingerprint density at radius 2 is 2.27 bits per heavy atom. The molecule has 0 atom stereocenters. The standard InChI is InChI=1S/C15H7BrFN3OS/c16-11-7-9(3-4-12(11)17)6-10(8-18)15-19-14(20-21-15)13-2-1-5-22-13/h1-7H/b10-6+. The third-order valence-electron chi connectivity index (χ3n) is 2.77. The van der Waals surface area contributed by atoms with Gasteiger partial charge in [0.15, 0.2) is 0 Å². The van der Waals surface area contributed by atoms with Crippen LogP contribution in [0.5, 0.6) is 0 Å². The highest BCUT2D eigenvalue weighted by atomic mass is 79.9. The number of benzene rings is 1. The topological polar surface area (TPSA) is 62.7 Å². The van der Waals surface area contributed by atoms with E-state index in [1.165, 1.54) is 17.4 Å². The second-order valence-electron chi connectivity index (χ2n) is 4.24. The van der Waals surface area contributed by atoms with Gasteiger partial charge in [0.25, 0.3) is 5.89 Å². The Kier molecular flexibility index (Phi) is 4.13. The summed E-state index contributed by atoms with van der Waals surface area (Å²) in [5.74, 6) is 0.200. The Morgan fingerprint density at radius 3 is 2.95 bits per heavy atom. The van der Waals surface area contributed by atoms with E-state index in [0.29, 0.717) is 15.9 Å². The third kappa shape index (κ3) is 2.98. The molecule has 0 bridgehead atoms. The van der Waals surface area contributed by atoms with Gasteiger partial charge in [-0.3, -0.25) is 0 Å². The molecule has 0 N–H and O–H groups in total. The van der Waals surface area contributed by atoms with Crippen molar-refractivity contribution in [3.05, 3.63) is 57.5 Å². The Morgan fingerprint density at radius 1 is 1.41 bits per heavy atom. The molecular formula is C15H7BrFN3OS. The van der Waals surface area contributed by atoms with Gasteiger partial charge in [-0.2, -0.15) is 10.2 Å². The van der Waals surface area contributed by atoms with Gasteiger partial charge in [0, 0.05) is 0 Å². The van der Waals surface area contributed by atoms with Crippen molar-refractivity contribution in [1.82, 2.24) is 10.1 Å². The minimum atomic E-state index is -0.367. The summed E-state index contributed by atoms with van der Waals surface area (Å²) in [6, 6.07) is 10.2. The van der Waals surface area contributed by atoms with Crippen molar-refractivity contribution in [2.24, 2.45) is 0 Å². The molecular weight excluding hydrogens is 369 g/mol. The molecule has 0 radical (unpaired) electrons. The maximum Gasteiger partial charge on any atom is 0.268 e. The minimum Gasteiger partial charge on any atom is -0.333 e. The average molecular weight is 376 g/mol. The second kappa shape index (κ2) is 6.22.